The van der Waals surface area contributed by atoms with Gasteiger partial charge in [-0.3, -0.25) is 4.79 Å². The first-order chi connectivity index (χ1) is 12.7. The van der Waals surface area contributed by atoms with E-state index >= 15 is 0 Å². The molecule has 1 aliphatic rings. The molecular formula is C18H24N4O3S2. The lowest BCUT2D eigenvalue weighted by Gasteiger charge is -2.12. The van der Waals surface area contributed by atoms with Crippen molar-refractivity contribution in [2.24, 2.45) is 13.0 Å². The van der Waals surface area contributed by atoms with Crippen LogP contribution < -0.4 is 5.32 Å². The molecule has 1 aliphatic heterocycles. The molecule has 7 nitrogen and oxygen atoms in total. The number of thioether (sulfide) groups is 1. The van der Waals surface area contributed by atoms with Crippen molar-refractivity contribution in [1.82, 2.24) is 14.8 Å². The summed E-state index contributed by atoms with van der Waals surface area (Å²) in [6, 6.07) is 7.65. The van der Waals surface area contributed by atoms with Gasteiger partial charge in [-0.1, -0.05) is 29.5 Å². The first kappa shape index (κ1) is 19.9. The third-order valence-corrected chi connectivity index (χ3v) is 7.66. The third-order valence-electron chi connectivity index (χ3n) is 4.69. The predicted octanol–water partition coefficient (Wildman–Crippen LogP) is 2.22. The fraction of sp³-hybridized carbons (Fsp3) is 0.500. The van der Waals surface area contributed by atoms with Crippen molar-refractivity contribution >= 4 is 33.2 Å². The Hall–Kier alpha value is -1.87. The fourth-order valence-electron chi connectivity index (χ4n) is 3.01. The van der Waals surface area contributed by atoms with Crippen LogP contribution in [0.5, 0.6) is 0 Å². The summed E-state index contributed by atoms with van der Waals surface area (Å²) >= 11 is 1.34. The van der Waals surface area contributed by atoms with Crippen LogP contribution in [0.15, 0.2) is 29.4 Å². The van der Waals surface area contributed by atoms with Gasteiger partial charge in [0.05, 0.1) is 16.8 Å². The molecule has 0 aliphatic carbocycles. The maximum absolute atomic E-state index is 12.4. The van der Waals surface area contributed by atoms with E-state index in [1.54, 1.807) is 0 Å². The zero-order chi connectivity index (χ0) is 19.6. The van der Waals surface area contributed by atoms with Crippen molar-refractivity contribution in [3.05, 3.63) is 35.7 Å². The zero-order valence-corrected chi connectivity index (χ0v) is 17.3. The molecule has 3 rings (SSSR count). The highest BCUT2D eigenvalue weighted by atomic mass is 32.2. The highest BCUT2D eigenvalue weighted by Crippen LogP contribution is 2.26. The monoisotopic (exact) mass is 408 g/mol. The van der Waals surface area contributed by atoms with E-state index in [1.165, 1.54) is 11.8 Å². The Morgan fingerprint density at radius 3 is 2.67 bits per heavy atom. The Kier molecular flexibility index (Phi) is 5.90. The maximum Gasteiger partial charge on any atom is 0.237 e. The number of nitrogens with zero attached hydrogens (tertiary/aromatic N) is 3. The van der Waals surface area contributed by atoms with Crippen LogP contribution in [-0.2, 0) is 28.1 Å². The Morgan fingerprint density at radius 1 is 1.33 bits per heavy atom. The van der Waals surface area contributed by atoms with Gasteiger partial charge in [0.2, 0.25) is 5.91 Å². The third kappa shape index (κ3) is 5.10. The number of carbonyl (C=O) groups is 1. The number of anilines is 1. The second-order valence-electron chi connectivity index (χ2n) is 7.05. The summed E-state index contributed by atoms with van der Waals surface area (Å²) < 4.78 is 25.1. The van der Waals surface area contributed by atoms with Crippen LogP contribution in [0.2, 0.25) is 0 Å². The van der Waals surface area contributed by atoms with Crippen LogP contribution in [0.4, 0.5) is 5.69 Å². The molecular weight excluding hydrogens is 384 g/mol. The van der Waals surface area contributed by atoms with Crippen LogP contribution in [0.3, 0.4) is 0 Å². The highest BCUT2D eigenvalue weighted by Gasteiger charge is 2.29. The van der Waals surface area contributed by atoms with Crippen LogP contribution in [0.25, 0.3) is 0 Å². The molecule has 0 bridgehead atoms. The molecule has 1 amide bonds. The second-order valence-corrected chi connectivity index (χ2v) is 10.6. The second kappa shape index (κ2) is 8.02. The minimum atomic E-state index is -2.90. The number of amides is 1. The van der Waals surface area contributed by atoms with E-state index in [9.17, 15) is 13.2 Å². The van der Waals surface area contributed by atoms with Gasteiger partial charge in [-0.15, -0.1) is 10.2 Å². The van der Waals surface area contributed by atoms with Gasteiger partial charge in [0.25, 0.3) is 0 Å². The molecule has 0 saturated carbocycles. The van der Waals surface area contributed by atoms with Gasteiger partial charge in [-0.2, -0.15) is 0 Å². The van der Waals surface area contributed by atoms with Crippen molar-refractivity contribution in [2.45, 2.75) is 37.1 Å². The van der Waals surface area contributed by atoms with E-state index in [1.807, 2.05) is 49.7 Å². The minimum absolute atomic E-state index is 0.0954. The Labute approximate surface area is 163 Å². The molecule has 0 spiro atoms. The lowest BCUT2D eigenvalue weighted by molar-refractivity contribution is -0.115. The van der Waals surface area contributed by atoms with Gasteiger partial charge in [0, 0.05) is 19.2 Å². The van der Waals surface area contributed by atoms with E-state index in [0.29, 0.717) is 18.0 Å². The molecule has 2 heterocycles. The molecule has 0 radical (unpaired) electrons. The summed E-state index contributed by atoms with van der Waals surface area (Å²) in [6.45, 7) is 3.82. The smallest absolute Gasteiger partial charge is 0.237 e. The Bertz CT molecular complexity index is 923. The molecule has 1 saturated heterocycles. The van der Waals surface area contributed by atoms with Crippen LogP contribution in [-0.4, -0.2) is 45.8 Å². The summed E-state index contributed by atoms with van der Waals surface area (Å²) in [7, 11) is -1.05. The number of aryl methyl sites for hydroxylation is 1. The quantitative estimate of drug-likeness (QED) is 0.737. The van der Waals surface area contributed by atoms with Crippen molar-refractivity contribution in [1.29, 1.82) is 0 Å². The van der Waals surface area contributed by atoms with Crippen molar-refractivity contribution in [3.8, 4) is 0 Å². The molecule has 2 atom stereocenters. The van der Waals surface area contributed by atoms with Gasteiger partial charge in [0.15, 0.2) is 15.0 Å². The molecule has 2 aromatic rings. The molecule has 1 aromatic carbocycles. The molecule has 27 heavy (non-hydrogen) atoms. The Balaban J connectivity index is 1.59. The largest absolute Gasteiger partial charge is 0.325 e. The number of benzene rings is 1. The van der Waals surface area contributed by atoms with Crippen molar-refractivity contribution in [2.75, 3.05) is 16.8 Å². The molecule has 1 aromatic heterocycles. The fourth-order valence-corrected chi connectivity index (χ4v) is 5.70. The summed E-state index contributed by atoms with van der Waals surface area (Å²) in [5, 5.41) is 11.6. The zero-order valence-electron chi connectivity index (χ0n) is 15.7. The van der Waals surface area contributed by atoms with Gasteiger partial charge >= 0.3 is 0 Å². The SMILES string of the molecule is Cc1ccc(NC(=O)[C@@H](C)Sc2nnc(C[C@@H]3CCS(=O)(=O)C3)n2C)cc1. The molecule has 146 valence electrons. The normalized spacial score (nSPS) is 19.7. The van der Waals surface area contributed by atoms with Crippen molar-refractivity contribution < 1.29 is 13.2 Å². The number of aromatic nitrogens is 3. The standard InChI is InChI=1S/C18H24N4O3S2/c1-12-4-6-15(7-5-12)19-17(23)13(2)26-18-21-20-16(22(18)3)10-14-8-9-27(24,25)11-14/h4-7,13-14H,8-11H2,1-3H3,(H,19,23)/t13-,14+/m1/s1. The van der Waals surface area contributed by atoms with E-state index in [2.05, 4.69) is 15.5 Å². The summed E-state index contributed by atoms with van der Waals surface area (Å²) in [6.07, 6.45) is 1.26. The lowest BCUT2D eigenvalue weighted by atomic mass is 10.1. The number of rotatable bonds is 6. The minimum Gasteiger partial charge on any atom is -0.325 e. The molecule has 1 fully saturated rings. The van der Waals surface area contributed by atoms with Gasteiger partial charge in [-0.25, -0.2) is 8.42 Å². The topological polar surface area (TPSA) is 94.0 Å². The van der Waals surface area contributed by atoms with E-state index < -0.39 is 9.84 Å². The van der Waals surface area contributed by atoms with E-state index in [4.69, 9.17) is 0 Å². The van der Waals surface area contributed by atoms with Gasteiger partial charge in [-0.05, 0) is 38.3 Å². The van der Waals surface area contributed by atoms with Crippen molar-refractivity contribution in [3.63, 3.8) is 0 Å². The van der Waals surface area contributed by atoms with E-state index in [-0.39, 0.29) is 28.6 Å². The van der Waals surface area contributed by atoms with Gasteiger partial charge < -0.3 is 9.88 Å². The number of sulfone groups is 1. The maximum atomic E-state index is 12.4. The number of hydrogen-bond acceptors (Lipinski definition) is 6. The van der Waals surface area contributed by atoms with Gasteiger partial charge in [0.1, 0.15) is 5.82 Å². The molecule has 0 unspecified atom stereocenters. The van der Waals surface area contributed by atoms with Crippen LogP contribution in [0, 0.1) is 12.8 Å². The first-order valence-corrected chi connectivity index (χ1v) is 11.6. The van der Waals surface area contributed by atoms with E-state index in [0.717, 1.165) is 17.1 Å². The Morgan fingerprint density at radius 2 is 2.04 bits per heavy atom. The van der Waals surface area contributed by atoms with Crippen LogP contribution in [0.1, 0.15) is 24.7 Å². The number of hydrogen-bond donors (Lipinski definition) is 1. The lowest BCUT2D eigenvalue weighted by Crippen LogP contribution is -2.22. The first-order valence-electron chi connectivity index (χ1n) is 8.86. The molecule has 9 heteroatoms. The number of carbonyl (C=O) groups excluding carboxylic acids is 1. The summed E-state index contributed by atoms with van der Waals surface area (Å²) in [5.41, 5.74) is 1.90. The highest BCUT2D eigenvalue weighted by molar-refractivity contribution is 8.00. The average molecular weight is 409 g/mol. The predicted molar refractivity (Wildman–Crippen MR) is 107 cm³/mol. The summed E-state index contributed by atoms with van der Waals surface area (Å²) in [4.78, 5) is 12.4. The average Bonchev–Trinajstić information content (AvgIpc) is 3.13. The molecule has 1 N–H and O–H groups in total. The van der Waals surface area contributed by atoms with Crippen LogP contribution >= 0.6 is 11.8 Å². The number of nitrogens with one attached hydrogen (secondary N) is 1. The summed E-state index contributed by atoms with van der Waals surface area (Å²) in [5.74, 6) is 1.23.